The number of nitrogens with one attached hydrogen (secondary N) is 1. The molecule has 0 atom stereocenters. The van der Waals surface area contributed by atoms with Crippen LogP contribution in [0.3, 0.4) is 0 Å². The number of carbonyl (C=O) groups is 1. The molecule has 0 spiro atoms. The summed E-state index contributed by atoms with van der Waals surface area (Å²) in [5.41, 5.74) is 0.478. The lowest BCUT2D eigenvalue weighted by atomic mass is 10.2. The van der Waals surface area contributed by atoms with Crippen molar-refractivity contribution in [2.24, 2.45) is 0 Å². The largest absolute Gasteiger partial charge is 0.478 e. The maximum absolute atomic E-state index is 10.4. The standard InChI is InChI=1S/C8H15NO2/c1-3-7(8(10)11)5-6-9-4-2/h3,9H,4-6H2,1-2H3,(H,10,11). The van der Waals surface area contributed by atoms with Crippen LogP contribution in [0.15, 0.2) is 11.6 Å². The number of allylic oxidation sites excluding steroid dienone is 1. The van der Waals surface area contributed by atoms with E-state index >= 15 is 0 Å². The molecule has 0 bridgehead atoms. The van der Waals surface area contributed by atoms with E-state index in [1.807, 2.05) is 6.92 Å². The minimum absolute atomic E-state index is 0.478. The maximum Gasteiger partial charge on any atom is 0.331 e. The van der Waals surface area contributed by atoms with Gasteiger partial charge in [0.15, 0.2) is 0 Å². The first-order valence-corrected chi connectivity index (χ1v) is 3.81. The van der Waals surface area contributed by atoms with Crippen molar-refractivity contribution < 1.29 is 9.90 Å². The Labute approximate surface area is 67.1 Å². The van der Waals surface area contributed by atoms with Gasteiger partial charge in [0, 0.05) is 5.57 Å². The lowest BCUT2D eigenvalue weighted by Gasteiger charge is -2.01. The van der Waals surface area contributed by atoms with Gasteiger partial charge in [0.2, 0.25) is 0 Å². The molecule has 0 saturated carbocycles. The molecule has 0 aromatic rings. The van der Waals surface area contributed by atoms with E-state index in [2.05, 4.69) is 5.32 Å². The molecule has 0 aromatic heterocycles. The second kappa shape index (κ2) is 5.92. The average Bonchev–Trinajstić information content (AvgIpc) is 1.97. The number of carboxylic acid groups (broad SMARTS) is 1. The summed E-state index contributed by atoms with van der Waals surface area (Å²) in [4.78, 5) is 10.4. The smallest absolute Gasteiger partial charge is 0.331 e. The summed E-state index contributed by atoms with van der Waals surface area (Å²) in [6, 6.07) is 0. The van der Waals surface area contributed by atoms with E-state index in [1.54, 1.807) is 13.0 Å². The van der Waals surface area contributed by atoms with Crippen molar-refractivity contribution >= 4 is 5.97 Å². The van der Waals surface area contributed by atoms with E-state index in [-0.39, 0.29) is 0 Å². The van der Waals surface area contributed by atoms with E-state index in [0.717, 1.165) is 13.1 Å². The molecule has 0 aromatic carbocycles. The van der Waals surface area contributed by atoms with E-state index in [0.29, 0.717) is 12.0 Å². The van der Waals surface area contributed by atoms with Gasteiger partial charge in [0.05, 0.1) is 0 Å². The number of hydrogen-bond donors (Lipinski definition) is 2. The zero-order chi connectivity index (χ0) is 8.69. The van der Waals surface area contributed by atoms with Crippen molar-refractivity contribution in [3.63, 3.8) is 0 Å². The summed E-state index contributed by atoms with van der Waals surface area (Å²) >= 11 is 0. The Morgan fingerprint density at radius 1 is 1.64 bits per heavy atom. The number of aliphatic carboxylic acids is 1. The van der Waals surface area contributed by atoms with Crippen LogP contribution in [0, 0.1) is 0 Å². The molecule has 0 fully saturated rings. The predicted octanol–water partition coefficient (Wildman–Crippen LogP) is 1.02. The average molecular weight is 157 g/mol. The lowest BCUT2D eigenvalue weighted by Crippen LogP contribution is -2.16. The Balaban J connectivity index is 3.63. The third-order valence-corrected chi connectivity index (χ3v) is 1.44. The maximum atomic E-state index is 10.4. The molecular weight excluding hydrogens is 142 g/mol. The predicted molar refractivity (Wildman–Crippen MR) is 44.6 cm³/mol. The Bertz CT molecular complexity index is 152. The molecule has 0 aliphatic rings. The quantitative estimate of drug-likeness (QED) is 0.462. The highest BCUT2D eigenvalue weighted by molar-refractivity contribution is 5.86. The fourth-order valence-electron chi connectivity index (χ4n) is 0.775. The van der Waals surface area contributed by atoms with Crippen LogP contribution in [0.5, 0.6) is 0 Å². The van der Waals surface area contributed by atoms with Gasteiger partial charge in [-0.25, -0.2) is 4.79 Å². The minimum atomic E-state index is -0.814. The first-order valence-electron chi connectivity index (χ1n) is 3.81. The highest BCUT2D eigenvalue weighted by Crippen LogP contribution is 1.98. The van der Waals surface area contributed by atoms with Gasteiger partial charge in [-0.15, -0.1) is 0 Å². The highest BCUT2D eigenvalue weighted by Gasteiger charge is 2.03. The van der Waals surface area contributed by atoms with Crippen LogP contribution < -0.4 is 5.32 Å². The van der Waals surface area contributed by atoms with Crippen LogP contribution in [0.4, 0.5) is 0 Å². The monoisotopic (exact) mass is 157 g/mol. The molecule has 0 aliphatic carbocycles. The Morgan fingerprint density at radius 2 is 2.27 bits per heavy atom. The fraction of sp³-hybridized carbons (Fsp3) is 0.625. The Hall–Kier alpha value is -0.830. The van der Waals surface area contributed by atoms with E-state index in [9.17, 15) is 4.79 Å². The van der Waals surface area contributed by atoms with Crippen LogP contribution >= 0.6 is 0 Å². The molecular formula is C8H15NO2. The van der Waals surface area contributed by atoms with Gasteiger partial charge in [-0.05, 0) is 26.4 Å². The van der Waals surface area contributed by atoms with Crippen LogP contribution in [-0.4, -0.2) is 24.2 Å². The van der Waals surface area contributed by atoms with Crippen LogP contribution in [0.25, 0.3) is 0 Å². The normalized spacial score (nSPS) is 11.6. The Kier molecular flexibility index (Phi) is 5.47. The topological polar surface area (TPSA) is 49.3 Å². The lowest BCUT2D eigenvalue weighted by molar-refractivity contribution is -0.132. The number of carboxylic acids is 1. The summed E-state index contributed by atoms with van der Waals surface area (Å²) in [6.07, 6.45) is 2.24. The van der Waals surface area contributed by atoms with Crippen molar-refractivity contribution in [1.82, 2.24) is 5.32 Å². The molecule has 3 nitrogen and oxygen atoms in total. The van der Waals surface area contributed by atoms with Crippen molar-refractivity contribution in [3.8, 4) is 0 Å². The molecule has 11 heavy (non-hydrogen) atoms. The summed E-state index contributed by atoms with van der Waals surface area (Å²) < 4.78 is 0. The molecule has 64 valence electrons. The third kappa shape index (κ3) is 4.56. The Morgan fingerprint density at radius 3 is 2.64 bits per heavy atom. The number of rotatable bonds is 5. The first kappa shape index (κ1) is 10.2. The van der Waals surface area contributed by atoms with Gasteiger partial charge in [0.25, 0.3) is 0 Å². The summed E-state index contributed by atoms with van der Waals surface area (Å²) in [5, 5.41) is 11.6. The molecule has 0 heterocycles. The SMILES string of the molecule is CC=C(CCNCC)C(=O)O. The van der Waals surface area contributed by atoms with Crippen molar-refractivity contribution in [2.45, 2.75) is 20.3 Å². The third-order valence-electron chi connectivity index (χ3n) is 1.44. The van der Waals surface area contributed by atoms with E-state index in [1.165, 1.54) is 0 Å². The van der Waals surface area contributed by atoms with Crippen molar-refractivity contribution in [3.05, 3.63) is 11.6 Å². The van der Waals surface area contributed by atoms with Gasteiger partial charge < -0.3 is 10.4 Å². The zero-order valence-electron chi connectivity index (χ0n) is 7.05. The first-order chi connectivity index (χ1) is 5.22. The second-order valence-electron chi connectivity index (χ2n) is 2.22. The molecule has 3 heteroatoms. The summed E-state index contributed by atoms with van der Waals surface area (Å²) in [5.74, 6) is -0.814. The van der Waals surface area contributed by atoms with Gasteiger partial charge in [-0.2, -0.15) is 0 Å². The molecule has 0 saturated heterocycles. The van der Waals surface area contributed by atoms with Crippen molar-refractivity contribution in [2.75, 3.05) is 13.1 Å². The number of hydrogen-bond acceptors (Lipinski definition) is 2. The molecule has 0 rings (SSSR count). The van der Waals surface area contributed by atoms with Gasteiger partial charge >= 0.3 is 5.97 Å². The van der Waals surface area contributed by atoms with Crippen LogP contribution in [-0.2, 0) is 4.79 Å². The fourth-order valence-corrected chi connectivity index (χ4v) is 0.775. The molecule has 2 N–H and O–H groups in total. The summed E-state index contributed by atoms with van der Waals surface area (Å²) in [7, 11) is 0. The zero-order valence-corrected chi connectivity index (χ0v) is 7.05. The van der Waals surface area contributed by atoms with Gasteiger partial charge in [-0.3, -0.25) is 0 Å². The van der Waals surface area contributed by atoms with Crippen molar-refractivity contribution in [1.29, 1.82) is 0 Å². The molecule has 0 amide bonds. The van der Waals surface area contributed by atoms with Gasteiger partial charge in [-0.1, -0.05) is 13.0 Å². The van der Waals surface area contributed by atoms with E-state index in [4.69, 9.17) is 5.11 Å². The highest BCUT2D eigenvalue weighted by atomic mass is 16.4. The van der Waals surface area contributed by atoms with Gasteiger partial charge in [0.1, 0.15) is 0 Å². The summed E-state index contributed by atoms with van der Waals surface area (Å²) in [6.45, 7) is 5.37. The van der Waals surface area contributed by atoms with Crippen LogP contribution in [0.2, 0.25) is 0 Å². The molecule has 0 unspecified atom stereocenters. The minimum Gasteiger partial charge on any atom is -0.478 e. The van der Waals surface area contributed by atoms with Crippen LogP contribution in [0.1, 0.15) is 20.3 Å². The van der Waals surface area contributed by atoms with E-state index < -0.39 is 5.97 Å². The molecule has 0 radical (unpaired) electrons. The molecule has 0 aliphatic heterocycles. The second-order valence-corrected chi connectivity index (χ2v) is 2.22.